The lowest BCUT2D eigenvalue weighted by atomic mass is 9.83. The second-order valence-electron chi connectivity index (χ2n) is 5.68. The molecule has 0 bridgehead atoms. The fourth-order valence-corrected chi connectivity index (χ4v) is 3.13. The largest absolute Gasteiger partial charge is 0.307 e. The molecule has 2 heteroatoms. The molecule has 2 rings (SSSR count). The summed E-state index contributed by atoms with van der Waals surface area (Å²) in [4.78, 5) is 4.08. The molecule has 1 N–H and O–H groups in total. The predicted molar refractivity (Wildman–Crippen MR) is 76.4 cm³/mol. The fourth-order valence-electron chi connectivity index (χ4n) is 3.13. The van der Waals surface area contributed by atoms with Gasteiger partial charge in [-0.3, -0.25) is 4.98 Å². The van der Waals surface area contributed by atoms with E-state index in [1.807, 2.05) is 12.4 Å². The van der Waals surface area contributed by atoms with Gasteiger partial charge in [0.05, 0.1) is 0 Å². The van der Waals surface area contributed by atoms with Gasteiger partial charge >= 0.3 is 0 Å². The molecule has 1 fully saturated rings. The lowest BCUT2D eigenvalue weighted by molar-refractivity contribution is 0.266. The summed E-state index contributed by atoms with van der Waals surface area (Å²) in [5.41, 5.74) is 1.35. The zero-order chi connectivity index (χ0) is 12.8. The molecule has 0 aliphatic heterocycles. The lowest BCUT2D eigenvalue weighted by Crippen LogP contribution is -2.35. The predicted octanol–water partition coefficient (Wildman–Crippen LogP) is 4.09. The van der Waals surface area contributed by atoms with E-state index in [2.05, 4.69) is 36.3 Å². The third-order valence-corrected chi connectivity index (χ3v) is 4.24. The van der Waals surface area contributed by atoms with E-state index in [4.69, 9.17) is 0 Å². The average molecular weight is 246 g/mol. The quantitative estimate of drug-likeness (QED) is 0.846. The van der Waals surface area contributed by atoms with Gasteiger partial charge in [-0.15, -0.1) is 0 Å². The highest BCUT2D eigenvalue weighted by atomic mass is 14.9. The maximum absolute atomic E-state index is 4.08. The van der Waals surface area contributed by atoms with Gasteiger partial charge in [0.2, 0.25) is 0 Å². The SMILES string of the molecule is CCCC1CCC(NC(C)c2ccncc2)CC1. The summed E-state index contributed by atoms with van der Waals surface area (Å²) in [6.07, 6.45) is 12.0. The zero-order valence-corrected chi connectivity index (χ0v) is 11.7. The van der Waals surface area contributed by atoms with Crippen molar-refractivity contribution in [2.75, 3.05) is 0 Å². The molecule has 100 valence electrons. The molecule has 1 unspecified atom stereocenters. The minimum absolute atomic E-state index is 0.445. The van der Waals surface area contributed by atoms with E-state index < -0.39 is 0 Å². The molecule has 1 aromatic rings. The van der Waals surface area contributed by atoms with E-state index in [0.29, 0.717) is 12.1 Å². The second-order valence-corrected chi connectivity index (χ2v) is 5.68. The third kappa shape index (κ3) is 3.81. The first-order valence-corrected chi connectivity index (χ1v) is 7.45. The van der Waals surface area contributed by atoms with Gasteiger partial charge in [0.1, 0.15) is 0 Å². The van der Waals surface area contributed by atoms with Crippen LogP contribution in [0.5, 0.6) is 0 Å². The Morgan fingerprint density at radius 3 is 2.50 bits per heavy atom. The number of nitrogens with one attached hydrogen (secondary N) is 1. The van der Waals surface area contributed by atoms with Crippen molar-refractivity contribution in [3.8, 4) is 0 Å². The average Bonchev–Trinajstić information content (AvgIpc) is 2.42. The highest BCUT2D eigenvalue weighted by Crippen LogP contribution is 2.28. The summed E-state index contributed by atoms with van der Waals surface area (Å²) in [5, 5.41) is 3.77. The van der Waals surface area contributed by atoms with Crippen LogP contribution in [0.4, 0.5) is 0 Å². The lowest BCUT2D eigenvalue weighted by Gasteiger charge is -2.31. The number of rotatable bonds is 5. The van der Waals surface area contributed by atoms with Crippen molar-refractivity contribution in [1.29, 1.82) is 0 Å². The number of nitrogens with zero attached hydrogens (tertiary/aromatic N) is 1. The molecule has 1 heterocycles. The van der Waals surface area contributed by atoms with Crippen LogP contribution in [0.15, 0.2) is 24.5 Å². The van der Waals surface area contributed by atoms with Crippen molar-refractivity contribution in [3.63, 3.8) is 0 Å². The Balaban J connectivity index is 1.78. The summed E-state index contributed by atoms with van der Waals surface area (Å²) in [7, 11) is 0. The Morgan fingerprint density at radius 1 is 1.22 bits per heavy atom. The molecule has 1 aliphatic carbocycles. The Hall–Kier alpha value is -0.890. The number of hydrogen-bond donors (Lipinski definition) is 1. The minimum Gasteiger partial charge on any atom is -0.307 e. The van der Waals surface area contributed by atoms with Gasteiger partial charge < -0.3 is 5.32 Å². The van der Waals surface area contributed by atoms with E-state index in [-0.39, 0.29) is 0 Å². The Kier molecular flexibility index (Phi) is 5.18. The number of hydrogen-bond acceptors (Lipinski definition) is 2. The van der Waals surface area contributed by atoms with Crippen molar-refractivity contribution in [2.24, 2.45) is 5.92 Å². The molecule has 0 spiro atoms. The van der Waals surface area contributed by atoms with Crippen LogP contribution in [0.25, 0.3) is 0 Å². The van der Waals surface area contributed by atoms with Crippen molar-refractivity contribution in [3.05, 3.63) is 30.1 Å². The highest BCUT2D eigenvalue weighted by Gasteiger charge is 2.21. The molecule has 2 nitrogen and oxygen atoms in total. The molecular formula is C16H26N2. The molecule has 0 aromatic carbocycles. The van der Waals surface area contributed by atoms with Crippen molar-refractivity contribution in [2.45, 2.75) is 64.5 Å². The zero-order valence-electron chi connectivity index (χ0n) is 11.7. The summed E-state index contributed by atoms with van der Waals surface area (Å²) < 4.78 is 0. The minimum atomic E-state index is 0.445. The Labute approximate surface area is 111 Å². The molecule has 18 heavy (non-hydrogen) atoms. The topological polar surface area (TPSA) is 24.9 Å². The van der Waals surface area contributed by atoms with E-state index >= 15 is 0 Å². The number of pyridine rings is 1. The van der Waals surface area contributed by atoms with Crippen LogP contribution < -0.4 is 5.32 Å². The Morgan fingerprint density at radius 2 is 1.89 bits per heavy atom. The maximum atomic E-state index is 4.08. The smallest absolute Gasteiger partial charge is 0.0295 e. The monoisotopic (exact) mass is 246 g/mol. The van der Waals surface area contributed by atoms with E-state index in [9.17, 15) is 0 Å². The normalized spacial score (nSPS) is 25.9. The molecule has 1 atom stereocenters. The van der Waals surface area contributed by atoms with Crippen LogP contribution >= 0.6 is 0 Å². The van der Waals surface area contributed by atoms with Crippen LogP contribution in [-0.4, -0.2) is 11.0 Å². The van der Waals surface area contributed by atoms with Gasteiger partial charge in [-0.25, -0.2) is 0 Å². The van der Waals surface area contributed by atoms with Gasteiger partial charge in [0.25, 0.3) is 0 Å². The van der Waals surface area contributed by atoms with Crippen LogP contribution in [0.3, 0.4) is 0 Å². The van der Waals surface area contributed by atoms with Gasteiger partial charge in [-0.05, 0) is 56.2 Å². The first-order valence-electron chi connectivity index (χ1n) is 7.45. The molecule has 0 amide bonds. The van der Waals surface area contributed by atoms with E-state index in [0.717, 1.165) is 5.92 Å². The Bertz CT molecular complexity index is 328. The van der Waals surface area contributed by atoms with Crippen molar-refractivity contribution < 1.29 is 0 Å². The van der Waals surface area contributed by atoms with Gasteiger partial charge in [-0.2, -0.15) is 0 Å². The molecule has 0 saturated heterocycles. The van der Waals surface area contributed by atoms with Crippen molar-refractivity contribution in [1.82, 2.24) is 10.3 Å². The standard InChI is InChI=1S/C16H26N2/c1-3-4-14-5-7-16(8-6-14)18-13(2)15-9-11-17-12-10-15/h9-14,16,18H,3-8H2,1-2H3. The maximum Gasteiger partial charge on any atom is 0.0295 e. The first kappa shape index (κ1) is 13.5. The molecule has 0 radical (unpaired) electrons. The fraction of sp³-hybridized carbons (Fsp3) is 0.688. The summed E-state index contributed by atoms with van der Waals surface area (Å²) in [5.74, 6) is 0.990. The number of aromatic nitrogens is 1. The van der Waals surface area contributed by atoms with Crippen LogP contribution in [-0.2, 0) is 0 Å². The molecule has 1 aromatic heterocycles. The van der Waals surface area contributed by atoms with E-state index in [1.165, 1.54) is 44.1 Å². The van der Waals surface area contributed by atoms with Crippen LogP contribution in [0.2, 0.25) is 0 Å². The van der Waals surface area contributed by atoms with Gasteiger partial charge in [-0.1, -0.05) is 19.8 Å². The van der Waals surface area contributed by atoms with Crippen molar-refractivity contribution >= 4 is 0 Å². The van der Waals surface area contributed by atoms with Gasteiger partial charge in [0.15, 0.2) is 0 Å². The van der Waals surface area contributed by atoms with E-state index in [1.54, 1.807) is 0 Å². The summed E-state index contributed by atoms with van der Waals surface area (Å²) in [6.45, 7) is 4.56. The molecule has 1 aliphatic rings. The molecular weight excluding hydrogens is 220 g/mol. The molecule has 1 saturated carbocycles. The summed E-state index contributed by atoms with van der Waals surface area (Å²) in [6, 6.07) is 5.38. The van der Waals surface area contributed by atoms with Crippen LogP contribution in [0, 0.1) is 5.92 Å². The van der Waals surface area contributed by atoms with Gasteiger partial charge in [0, 0.05) is 24.5 Å². The second kappa shape index (κ2) is 6.89. The summed E-state index contributed by atoms with van der Waals surface area (Å²) >= 11 is 0. The highest BCUT2D eigenvalue weighted by molar-refractivity contribution is 5.14. The first-order chi connectivity index (χ1) is 8.79. The third-order valence-electron chi connectivity index (χ3n) is 4.24. The van der Waals surface area contributed by atoms with Crippen LogP contribution in [0.1, 0.15) is 64.0 Å².